The van der Waals surface area contributed by atoms with Crippen LogP contribution in [0.2, 0.25) is 0 Å². The molecular weight excluding hydrogens is 338 g/mol. The summed E-state index contributed by atoms with van der Waals surface area (Å²) in [4.78, 5) is 12.1. The topological polar surface area (TPSA) is 55.1 Å². The Morgan fingerprint density at radius 3 is 1.79 bits per heavy atom. The molecule has 0 bridgehead atoms. The van der Waals surface area contributed by atoms with Crippen molar-refractivity contribution in [1.82, 2.24) is 5.32 Å². The summed E-state index contributed by atoms with van der Waals surface area (Å²) < 4.78 is 76.7. The van der Waals surface area contributed by atoms with Crippen molar-refractivity contribution in [2.45, 2.75) is 50.1 Å². The van der Waals surface area contributed by atoms with Crippen LogP contribution in [0.25, 0.3) is 0 Å². The Labute approximate surface area is 134 Å². The summed E-state index contributed by atoms with van der Waals surface area (Å²) in [6.07, 6.45) is -7.60. The molecule has 0 unspecified atom stereocenters. The van der Waals surface area contributed by atoms with Crippen LogP contribution >= 0.6 is 0 Å². The van der Waals surface area contributed by atoms with Gasteiger partial charge < -0.3 is 11.1 Å². The van der Waals surface area contributed by atoms with E-state index >= 15 is 0 Å². The highest BCUT2D eigenvalue weighted by atomic mass is 19.4. The van der Waals surface area contributed by atoms with Gasteiger partial charge in [-0.05, 0) is 43.9 Å². The van der Waals surface area contributed by atoms with Crippen molar-refractivity contribution >= 4 is 5.91 Å². The number of alkyl halides is 6. The van der Waals surface area contributed by atoms with Crippen molar-refractivity contribution in [2.75, 3.05) is 0 Å². The number of nitrogens with two attached hydrogens (primary N) is 1. The first-order chi connectivity index (χ1) is 11.0. The smallest absolute Gasteiger partial charge is 0.349 e. The maximum absolute atomic E-state index is 12.8. The maximum Gasteiger partial charge on any atom is 0.416 e. The van der Waals surface area contributed by atoms with E-state index in [-0.39, 0.29) is 18.2 Å². The minimum absolute atomic E-state index is 0.00328. The molecular formula is C15H16F6N2O. The van der Waals surface area contributed by atoms with Crippen LogP contribution in [0, 0.1) is 0 Å². The first kappa shape index (κ1) is 18.6. The van der Waals surface area contributed by atoms with E-state index in [1.54, 1.807) is 0 Å². The van der Waals surface area contributed by atoms with Gasteiger partial charge in [0.25, 0.3) is 5.91 Å². The fraction of sp³-hybridized carbons (Fsp3) is 0.533. The molecule has 0 spiro atoms. The minimum atomic E-state index is -4.98. The highest BCUT2D eigenvalue weighted by Crippen LogP contribution is 2.36. The summed E-state index contributed by atoms with van der Waals surface area (Å²) in [5, 5.41) is 2.48. The van der Waals surface area contributed by atoms with Crippen LogP contribution in [0.1, 0.15) is 47.2 Å². The maximum atomic E-state index is 12.8. The van der Waals surface area contributed by atoms with Gasteiger partial charge in [-0.3, -0.25) is 4.79 Å². The fourth-order valence-corrected chi connectivity index (χ4v) is 2.62. The number of nitrogens with one attached hydrogen (secondary N) is 1. The molecule has 1 aromatic rings. The Hall–Kier alpha value is -1.77. The van der Waals surface area contributed by atoms with Gasteiger partial charge in [-0.2, -0.15) is 26.3 Å². The Morgan fingerprint density at radius 2 is 1.38 bits per heavy atom. The minimum Gasteiger partial charge on any atom is -0.349 e. The van der Waals surface area contributed by atoms with Crippen LogP contribution in [-0.2, 0) is 12.4 Å². The molecule has 1 aromatic carbocycles. The first-order valence-electron chi connectivity index (χ1n) is 7.33. The highest BCUT2D eigenvalue weighted by molar-refractivity contribution is 5.94. The summed E-state index contributed by atoms with van der Waals surface area (Å²) in [7, 11) is 0. The number of rotatable bonds is 2. The summed E-state index contributed by atoms with van der Waals surface area (Å²) in [5.41, 5.74) is 2.04. The van der Waals surface area contributed by atoms with Crippen molar-refractivity contribution in [1.29, 1.82) is 0 Å². The molecule has 1 aliphatic carbocycles. The Bertz CT molecular complexity index is 571. The Kier molecular flexibility index (Phi) is 5.12. The summed E-state index contributed by atoms with van der Waals surface area (Å²) in [6.45, 7) is 0. The van der Waals surface area contributed by atoms with Crippen LogP contribution in [0.15, 0.2) is 18.2 Å². The van der Waals surface area contributed by atoms with Gasteiger partial charge in [-0.25, -0.2) is 0 Å². The number of carbonyl (C=O) groups excluding carboxylic acids is 1. The molecule has 3 N–H and O–H groups in total. The van der Waals surface area contributed by atoms with E-state index in [1.807, 2.05) is 0 Å². The van der Waals surface area contributed by atoms with E-state index in [2.05, 4.69) is 5.32 Å². The van der Waals surface area contributed by atoms with Gasteiger partial charge in [-0.15, -0.1) is 0 Å². The van der Waals surface area contributed by atoms with E-state index < -0.39 is 35.0 Å². The normalized spacial score (nSPS) is 22.3. The predicted octanol–water partition coefficient (Wildman–Crippen LogP) is 3.72. The molecule has 1 aliphatic rings. The molecule has 0 saturated heterocycles. The summed E-state index contributed by atoms with van der Waals surface area (Å²) in [5.74, 6) is -0.952. The lowest BCUT2D eigenvalue weighted by Crippen LogP contribution is -2.40. The monoisotopic (exact) mass is 354 g/mol. The van der Waals surface area contributed by atoms with Crippen molar-refractivity contribution in [2.24, 2.45) is 5.73 Å². The molecule has 3 nitrogen and oxygen atoms in total. The summed E-state index contributed by atoms with van der Waals surface area (Å²) >= 11 is 0. The quantitative estimate of drug-likeness (QED) is 0.796. The second-order valence-electron chi connectivity index (χ2n) is 5.88. The Morgan fingerprint density at radius 1 is 0.917 bits per heavy atom. The zero-order valence-corrected chi connectivity index (χ0v) is 12.5. The number of halogens is 6. The molecule has 0 aliphatic heterocycles. The molecule has 24 heavy (non-hydrogen) atoms. The van der Waals surface area contributed by atoms with E-state index in [0.29, 0.717) is 37.8 Å². The van der Waals surface area contributed by atoms with Gasteiger partial charge in [0.1, 0.15) is 0 Å². The third kappa shape index (κ3) is 4.62. The van der Waals surface area contributed by atoms with Crippen molar-refractivity contribution < 1.29 is 31.1 Å². The number of benzene rings is 1. The molecule has 9 heteroatoms. The SMILES string of the molecule is NC1CCC(NC(=O)c2cc(C(F)(F)F)cc(C(F)(F)F)c2)CC1. The van der Waals surface area contributed by atoms with Gasteiger partial charge in [0.2, 0.25) is 0 Å². The van der Waals surface area contributed by atoms with E-state index in [9.17, 15) is 31.1 Å². The van der Waals surface area contributed by atoms with Crippen molar-refractivity contribution in [3.63, 3.8) is 0 Å². The standard InChI is InChI=1S/C15H16F6N2O/c16-14(17,18)9-5-8(6-10(7-9)15(19,20)21)13(24)23-12-3-1-11(22)2-4-12/h5-7,11-12H,1-4,22H2,(H,23,24). The lowest BCUT2D eigenvalue weighted by atomic mass is 9.91. The van der Waals surface area contributed by atoms with Crippen molar-refractivity contribution in [3.05, 3.63) is 34.9 Å². The highest BCUT2D eigenvalue weighted by Gasteiger charge is 2.37. The second-order valence-corrected chi connectivity index (χ2v) is 5.88. The molecule has 1 saturated carbocycles. The van der Waals surface area contributed by atoms with Crippen LogP contribution < -0.4 is 11.1 Å². The largest absolute Gasteiger partial charge is 0.416 e. The van der Waals surface area contributed by atoms with Crippen LogP contribution in [0.3, 0.4) is 0 Å². The summed E-state index contributed by atoms with van der Waals surface area (Å²) in [6, 6.07) is 0.555. The molecule has 0 radical (unpaired) electrons. The fourth-order valence-electron chi connectivity index (χ4n) is 2.62. The van der Waals surface area contributed by atoms with Crippen LogP contribution in [0.5, 0.6) is 0 Å². The number of amides is 1. The number of hydrogen-bond acceptors (Lipinski definition) is 2. The lowest BCUT2D eigenvalue weighted by Gasteiger charge is -2.27. The van der Waals surface area contributed by atoms with Gasteiger partial charge in [0.15, 0.2) is 0 Å². The average molecular weight is 354 g/mol. The zero-order chi connectivity index (χ0) is 18.1. The third-order valence-corrected chi connectivity index (χ3v) is 3.96. The average Bonchev–Trinajstić information content (AvgIpc) is 2.47. The predicted molar refractivity (Wildman–Crippen MR) is 74.1 cm³/mol. The molecule has 134 valence electrons. The van der Waals surface area contributed by atoms with Gasteiger partial charge in [-0.1, -0.05) is 0 Å². The van der Waals surface area contributed by atoms with E-state index in [1.165, 1.54) is 0 Å². The van der Waals surface area contributed by atoms with Gasteiger partial charge in [0.05, 0.1) is 11.1 Å². The Balaban J connectivity index is 2.26. The first-order valence-corrected chi connectivity index (χ1v) is 7.33. The van der Waals surface area contributed by atoms with Gasteiger partial charge in [0, 0.05) is 17.6 Å². The lowest BCUT2D eigenvalue weighted by molar-refractivity contribution is -0.143. The molecule has 0 heterocycles. The molecule has 1 fully saturated rings. The zero-order valence-electron chi connectivity index (χ0n) is 12.5. The number of carbonyl (C=O) groups is 1. The molecule has 0 atom stereocenters. The molecule has 2 rings (SSSR count). The van der Waals surface area contributed by atoms with Crippen molar-refractivity contribution in [3.8, 4) is 0 Å². The van der Waals surface area contributed by atoms with E-state index in [0.717, 1.165) is 0 Å². The van der Waals surface area contributed by atoms with E-state index in [4.69, 9.17) is 5.73 Å². The molecule has 1 amide bonds. The molecule has 0 aromatic heterocycles. The van der Waals surface area contributed by atoms with Crippen LogP contribution in [-0.4, -0.2) is 18.0 Å². The third-order valence-electron chi connectivity index (χ3n) is 3.96. The second kappa shape index (κ2) is 6.62. The van der Waals surface area contributed by atoms with Crippen LogP contribution in [0.4, 0.5) is 26.3 Å². The number of hydrogen-bond donors (Lipinski definition) is 2. The van der Waals surface area contributed by atoms with Gasteiger partial charge >= 0.3 is 12.4 Å².